The summed E-state index contributed by atoms with van der Waals surface area (Å²) in [5.41, 5.74) is 2.40. The predicted molar refractivity (Wildman–Crippen MR) is 102 cm³/mol. The largest absolute Gasteiger partial charge is 0.492 e. The first kappa shape index (κ1) is 17.1. The van der Waals surface area contributed by atoms with E-state index >= 15 is 0 Å². The molecule has 1 fully saturated rings. The molecular formula is C22H26N2O2. The SMILES string of the molecule is O=C(NCC(c1ccccc1)N1CCCC1)C1COc2ccccc2C1. The van der Waals surface area contributed by atoms with Gasteiger partial charge >= 0.3 is 0 Å². The van der Waals surface area contributed by atoms with Gasteiger partial charge in [-0.15, -0.1) is 0 Å². The van der Waals surface area contributed by atoms with E-state index in [0.717, 1.165) is 30.8 Å². The number of benzene rings is 2. The van der Waals surface area contributed by atoms with E-state index in [9.17, 15) is 4.79 Å². The minimum atomic E-state index is -0.111. The van der Waals surface area contributed by atoms with Crippen LogP contribution < -0.4 is 10.1 Å². The zero-order valence-corrected chi connectivity index (χ0v) is 15.1. The maximum atomic E-state index is 12.7. The van der Waals surface area contributed by atoms with E-state index in [1.807, 2.05) is 30.3 Å². The van der Waals surface area contributed by atoms with Crippen LogP contribution in [0.2, 0.25) is 0 Å². The molecule has 1 saturated heterocycles. The number of para-hydroxylation sites is 1. The molecule has 0 spiro atoms. The van der Waals surface area contributed by atoms with Crippen molar-refractivity contribution >= 4 is 5.91 Å². The first-order valence-corrected chi connectivity index (χ1v) is 9.58. The van der Waals surface area contributed by atoms with E-state index < -0.39 is 0 Å². The topological polar surface area (TPSA) is 41.6 Å². The molecule has 2 aromatic rings. The summed E-state index contributed by atoms with van der Waals surface area (Å²) < 4.78 is 5.78. The average molecular weight is 350 g/mol. The molecule has 26 heavy (non-hydrogen) atoms. The molecule has 136 valence electrons. The van der Waals surface area contributed by atoms with E-state index in [1.165, 1.54) is 18.4 Å². The molecule has 4 rings (SSSR count). The zero-order chi connectivity index (χ0) is 17.8. The van der Waals surface area contributed by atoms with Crippen LogP contribution in [0, 0.1) is 5.92 Å². The Hall–Kier alpha value is -2.33. The Labute approximate surface area is 155 Å². The quantitative estimate of drug-likeness (QED) is 0.900. The number of hydrogen-bond donors (Lipinski definition) is 1. The average Bonchev–Trinajstić information content (AvgIpc) is 3.23. The van der Waals surface area contributed by atoms with Gasteiger partial charge in [-0.3, -0.25) is 9.69 Å². The highest BCUT2D eigenvalue weighted by Crippen LogP contribution is 2.28. The van der Waals surface area contributed by atoms with Gasteiger partial charge in [-0.25, -0.2) is 0 Å². The summed E-state index contributed by atoms with van der Waals surface area (Å²) in [5, 5.41) is 3.20. The Bertz CT molecular complexity index is 741. The molecule has 2 unspecified atom stereocenters. The summed E-state index contributed by atoms with van der Waals surface area (Å²) in [4.78, 5) is 15.2. The van der Waals surface area contributed by atoms with Crippen LogP contribution in [0.5, 0.6) is 5.75 Å². The van der Waals surface area contributed by atoms with Crippen LogP contribution >= 0.6 is 0 Å². The van der Waals surface area contributed by atoms with Gasteiger partial charge in [-0.1, -0.05) is 48.5 Å². The Morgan fingerprint density at radius 1 is 1.08 bits per heavy atom. The second-order valence-corrected chi connectivity index (χ2v) is 7.23. The van der Waals surface area contributed by atoms with Crippen LogP contribution in [0.1, 0.15) is 30.0 Å². The number of ether oxygens (including phenoxy) is 1. The monoisotopic (exact) mass is 350 g/mol. The number of hydrogen-bond acceptors (Lipinski definition) is 3. The summed E-state index contributed by atoms with van der Waals surface area (Å²) in [7, 11) is 0. The van der Waals surface area contributed by atoms with Crippen molar-refractivity contribution in [2.24, 2.45) is 5.92 Å². The highest BCUT2D eigenvalue weighted by atomic mass is 16.5. The van der Waals surface area contributed by atoms with Gasteiger partial charge in [-0.05, 0) is 49.5 Å². The summed E-state index contributed by atoms with van der Waals surface area (Å²) in [5.74, 6) is 0.898. The van der Waals surface area contributed by atoms with E-state index in [1.54, 1.807) is 0 Å². The third kappa shape index (κ3) is 3.75. The molecule has 1 N–H and O–H groups in total. The first-order valence-electron chi connectivity index (χ1n) is 9.58. The minimum absolute atomic E-state index is 0.0969. The smallest absolute Gasteiger partial charge is 0.226 e. The van der Waals surface area contributed by atoms with Gasteiger partial charge in [0.1, 0.15) is 12.4 Å². The molecule has 4 nitrogen and oxygen atoms in total. The lowest BCUT2D eigenvalue weighted by molar-refractivity contribution is -0.126. The minimum Gasteiger partial charge on any atom is -0.492 e. The van der Waals surface area contributed by atoms with Gasteiger partial charge in [0.15, 0.2) is 0 Å². The van der Waals surface area contributed by atoms with Crippen molar-refractivity contribution < 1.29 is 9.53 Å². The highest BCUT2D eigenvalue weighted by Gasteiger charge is 2.28. The third-order valence-corrected chi connectivity index (χ3v) is 5.49. The van der Waals surface area contributed by atoms with Gasteiger partial charge in [0.25, 0.3) is 0 Å². The van der Waals surface area contributed by atoms with Crippen LogP contribution in [-0.4, -0.2) is 37.0 Å². The number of nitrogens with one attached hydrogen (secondary N) is 1. The first-order chi connectivity index (χ1) is 12.8. The fourth-order valence-electron chi connectivity index (χ4n) is 4.02. The number of carbonyl (C=O) groups is 1. The second kappa shape index (κ2) is 7.92. The molecule has 0 bridgehead atoms. The van der Waals surface area contributed by atoms with Crippen LogP contribution in [-0.2, 0) is 11.2 Å². The fraction of sp³-hybridized carbons (Fsp3) is 0.409. The number of nitrogens with zero attached hydrogens (tertiary/aromatic N) is 1. The van der Waals surface area contributed by atoms with Crippen molar-refractivity contribution in [3.05, 3.63) is 65.7 Å². The van der Waals surface area contributed by atoms with E-state index in [2.05, 4.69) is 34.5 Å². The maximum absolute atomic E-state index is 12.7. The Morgan fingerprint density at radius 2 is 1.81 bits per heavy atom. The molecule has 2 aromatic carbocycles. The van der Waals surface area contributed by atoms with Crippen molar-refractivity contribution in [1.29, 1.82) is 0 Å². The summed E-state index contributed by atoms with van der Waals surface area (Å²) in [6.45, 7) is 3.33. The normalized spacial score (nSPS) is 20.8. The Balaban J connectivity index is 1.40. The molecule has 4 heteroatoms. The van der Waals surface area contributed by atoms with Gasteiger partial charge < -0.3 is 10.1 Å². The van der Waals surface area contributed by atoms with Crippen LogP contribution in [0.25, 0.3) is 0 Å². The summed E-state index contributed by atoms with van der Waals surface area (Å²) >= 11 is 0. The molecule has 2 atom stereocenters. The number of amides is 1. The van der Waals surface area contributed by atoms with Gasteiger partial charge in [0.05, 0.1) is 12.0 Å². The number of fused-ring (bicyclic) bond motifs is 1. The Kier molecular flexibility index (Phi) is 5.21. The summed E-state index contributed by atoms with van der Waals surface area (Å²) in [6, 6.07) is 18.8. The molecular weight excluding hydrogens is 324 g/mol. The Morgan fingerprint density at radius 3 is 2.62 bits per heavy atom. The maximum Gasteiger partial charge on any atom is 0.226 e. The van der Waals surface area contributed by atoms with E-state index in [0.29, 0.717) is 13.2 Å². The van der Waals surface area contributed by atoms with E-state index in [4.69, 9.17) is 4.74 Å². The number of rotatable bonds is 5. The van der Waals surface area contributed by atoms with Crippen LogP contribution in [0.4, 0.5) is 0 Å². The lowest BCUT2D eigenvalue weighted by Gasteiger charge is -2.30. The lowest BCUT2D eigenvalue weighted by atomic mass is 9.96. The zero-order valence-electron chi connectivity index (χ0n) is 15.1. The van der Waals surface area contributed by atoms with E-state index in [-0.39, 0.29) is 17.9 Å². The molecule has 2 aliphatic rings. The second-order valence-electron chi connectivity index (χ2n) is 7.23. The number of carbonyl (C=O) groups excluding carboxylic acids is 1. The molecule has 2 heterocycles. The predicted octanol–water partition coefficient (Wildman–Crippen LogP) is 3.19. The molecule has 2 aliphatic heterocycles. The van der Waals surface area contributed by atoms with Gasteiger partial charge in [0.2, 0.25) is 5.91 Å². The van der Waals surface area contributed by atoms with Crippen molar-refractivity contribution in [3.63, 3.8) is 0 Å². The standard InChI is InChI=1S/C22H26N2O2/c25-22(19-14-18-10-4-5-11-21(18)26-16-19)23-15-20(24-12-6-7-13-24)17-8-2-1-3-9-17/h1-5,8-11,19-20H,6-7,12-16H2,(H,23,25). The molecule has 0 saturated carbocycles. The highest BCUT2D eigenvalue weighted by molar-refractivity contribution is 5.79. The lowest BCUT2D eigenvalue weighted by Crippen LogP contribution is -2.42. The fourth-order valence-corrected chi connectivity index (χ4v) is 4.02. The van der Waals surface area contributed by atoms with Gasteiger partial charge in [-0.2, -0.15) is 0 Å². The third-order valence-electron chi connectivity index (χ3n) is 5.49. The van der Waals surface area contributed by atoms with Crippen LogP contribution in [0.15, 0.2) is 54.6 Å². The number of likely N-dealkylation sites (tertiary alicyclic amines) is 1. The van der Waals surface area contributed by atoms with Crippen molar-refractivity contribution in [2.45, 2.75) is 25.3 Å². The molecule has 0 aromatic heterocycles. The van der Waals surface area contributed by atoms with Crippen molar-refractivity contribution in [3.8, 4) is 5.75 Å². The molecule has 0 radical (unpaired) electrons. The van der Waals surface area contributed by atoms with Gasteiger partial charge in [0, 0.05) is 6.54 Å². The summed E-state index contributed by atoms with van der Waals surface area (Å²) in [6.07, 6.45) is 3.23. The van der Waals surface area contributed by atoms with Crippen molar-refractivity contribution in [1.82, 2.24) is 10.2 Å². The molecule has 1 amide bonds. The van der Waals surface area contributed by atoms with Crippen LogP contribution in [0.3, 0.4) is 0 Å². The van der Waals surface area contributed by atoms with Crippen molar-refractivity contribution in [2.75, 3.05) is 26.2 Å². The molecule has 0 aliphatic carbocycles.